The zero-order chi connectivity index (χ0) is 38.3. The maximum Gasteiger partial charge on any atom is 0.328 e. The fourth-order valence-corrected chi connectivity index (χ4v) is 6.16. The molecule has 0 aromatic carbocycles. The Hall–Kier alpha value is -2.68. The van der Waals surface area contributed by atoms with Gasteiger partial charge in [0.2, 0.25) is 11.8 Å². The Bertz CT molecular complexity index is 936. The first-order chi connectivity index (χ1) is 25.3. The first-order valence-corrected chi connectivity index (χ1v) is 21.2. The number of aliphatic hydroxyl groups excluding tert-OH is 1. The van der Waals surface area contributed by atoms with Crippen LogP contribution < -0.4 is 10.6 Å². The van der Waals surface area contributed by atoms with Gasteiger partial charge in [0.05, 0.1) is 13.2 Å². The first-order valence-electron chi connectivity index (χ1n) is 21.2. The van der Waals surface area contributed by atoms with Gasteiger partial charge >= 0.3 is 11.9 Å². The second-order valence-corrected chi connectivity index (χ2v) is 14.4. The smallest absolute Gasteiger partial charge is 0.328 e. The Balaban J connectivity index is 4.08. The number of aliphatic carboxylic acids is 1. The van der Waals surface area contributed by atoms with Crippen molar-refractivity contribution in [1.82, 2.24) is 10.6 Å². The van der Waals surface area contributed by atoms with Crippen molar-refractivity contribution >= 4 is 23.8 Å². The van der Waals surface area contributed by atoms with Crippen molar-refractivity contribution in [3.63, 3.8) is 0 Å². The molecule has 0 aromatic rings. The van der Waals surface area contributed by atoms with Crippen LogP contribution in [-0.2, 0) is 23.9 Å². The summed E-state index contributed by atoms with van der Waals surface area (Å²) >= 11 is 0. The second-order valence-electron chi connectivity index (χ2n) is 14.4. The zero-order valence-electron chi connectivity index (χ0n) is 33.3. The summed E-state index contributed by atoms with van der Waals surface area (Å²) in [7, 11) is 0. The van der Waals surface area contributed by atoms with Gasteiger partial charge in [0.1, 0.15) is 12.1 Å². The van der Waals surface area contributed by atoms with Crippen LogP contribution in [0.4, 0.5) is 0 Å². The van der Waals surface area contributed by atoms with E-state index in [1.807, 2.05) is 0 Å². The van der Waals surface area contributed by atoms with Gasteiger partial charge < -0.3 is 25.6 Å². The molecule has 0 heterocycles. The minimum absolute atomic E-state index is 0.0401. The fourth-order valence-electron chi connectivity index (χ4n) is 6.16. The lowest BCUT2D eigenvalue weighted by molar-refractivity contribution is -0.150. The molecule has 0 aliphatic heterocycles. The van der Waals surface area contributed by atoms with E-state index in [1.54, 1.807) is 0 Å². The van der Waals surface area contributed by atoms with E-state index in [4.69, 9.17) is 14.9 Å². The van der Waals surface area contributed by atoms with Gasteiger partial charge in [0, 0.05) is 12.8 Å². The van der Waals surface area contributed by atoms with Gasteiger partial charge in [-0.05, 0) is 70.6 Å². The number of ether oxygens (including phenoxy) is 1. The van der Waals surface area contributed by atoms with Gasteiger partial charge in [-0.3, -0.25) is 14.4 Å². The third-order valence-electron chi connectivity index (χ3n) is 9.45. The summed E-state index contributed by atoms with van der Waals surface area (Å²) in [6.07, 6.45) is 40.7. The molecule has 0 aliphatic rings. The number of aliphatic hydroxyl groups is 1. The van der Waals surface area contributed by atoms with Crippen LogP contribution in [0.15, 0.2) is 24.3 Å². The standard InChI is InChI=1S/C43H78N2O7/c1-3-5-7-9-11-12-13-14-15-16-17-18-19-20-21-22-23-25-31-35-42(49)52-38(32-28-24-10-8-6-4-2)33-29-26-27-30-34-40(47)44-36-41(48)45-39(37-46)43(50)51/h11-12,14-15,38-39,46H,3-10,13,16-37H2,1-2H3,(H,44,47)(H,45,48)(H,50,51)/b12-11-,15-14-. The maximum absolute atomic E-state index is 12.7. The van der Waals surface area contributed by atoms with E-state index in [1.165, 1.54) is 109 Å². The number of carbonyl (C=O) groups excluding carboxylic acids is 3. The highest BCUT2D eigenvalue weighted by Crippen LogP contribution is 2.18. The number of carbonyl (C=O) groups is 4. The van der Waals surface area contributed by atoms with E-state index in [2.05, 4.69) is 48.8 Å². The van der Waals surface area contributed by atoms with Gasteiger partial charge in [-0.1, -0.05) is 141 Å². The number of esters is 1. The first kappa shape index (κ1) is 49.3. The summed E-state index contributed by atoms with van der Waals surface area (Å²) in [6, 6.07) is -1.38. The number of rotatable bonds is 38. The van der Waals surface area contributed by atoms with E-state index < -0.39 is 24.5 Å². The monoisotopic (exact) mass is 735 g/mol. The van der Waals surface area contributed by atoms with E-state index in [0.717, 1.165) is 57.8 Å². The molecule has 9 heteroatoms. The van der Waals surface area contributed by atoms with Crippen molar-refractivity contribution in [2.45, 2.75) is 212 Å². The van der Waals surface area contributed by atoms with Crippen molar-refractivity contribution in [3.8, 4) is 0 Å². The molecule has 0 bridgehead atoms. The fraction of sp³-hybridized carbons (Fsp3) is 0.814. The Kier molecular flexibility index (Phi) is 36.1. The molecular formula is C43H78N2O7. The Labute approximate surface area is 317 Å². The van der Waals surface area contributed by atoms with Crippen LogP contribution in [-0.4, -0.2) is 59.3 Å². The Morgan fingerprint density at radius 3 is 1.58 bits per heavy atom. The number of hydrogen-bond acceptors (Lipinski definition) is 6. The van der Waals surface area contributed by atoms with Gasteiger partial charge in [0.15, 0.2) is 0 Å². The number of unbranched alkanes of at least 4 members (excludes halogenated alkanes) is 20. The number of hydrogen-bond donors (Lipinski definition) is 4. The van der Waals surface area contributed by atoms with E-state index in [9.17, 15) is 19.2 Å². The molecule has 0 spiro atoms. The lowest BCUT2D eigenvalue weighted by Crippen LogP contribution is -2.47. The third-order valence-corrected chi connectivity index (χ3v) is 9.45. The van der Waals surface area contributed by atoms with Gasteiger partial charge in [-0.2, -0.15) is 0 Å². The summed E-state index contributed by atoms with van der Waals surface area (Å²) in [5, 5.41) is 22.5. The van der Waals surface area contributed by atoms with E-state index >= 15 is 0 Å². The average molecular weight is 735 g/mol. The number of carboxylic acid groups (broad SMARTS) is 1. The van der Waals surface area contributed by atoms with Crippen LogP contribution in [0, 0.1) is 0 Å². The SMILES string of the molecule is CCCCC/C=C\C/C=C\CCCCCCCCCCCC(=O)OC(CCCCCCCC)CCCCCCC(=O)NCC(=O)NC(CO)C(=O)O. The molecule has 2 amide bonds. The molecule has 2 atom stereocenters. The number of amides is 2. The molecule has 4 N–H and O–H groups in total. The molecule has 0 aliphatic carbocycles. The highest BCUT2D eigenvalue weighted by atomic mass is 16.5. The quantitative estimate of drug-likeness (QED) is 0.0281. The molecule has 0 rings (SSSR count). The number of carboxylic acids is 1. The molecule has 0 radical (unpaired) electrons. The van der Waals surface area contributed by atoms with Crippen molar-refractivity contribution in [2.75, 3.05) is 13.2 Å². The van der Waals surface area contributed by atoms with Crippen LogP contribution in [0.2, 0.25) is 0 Å². The average Bonchev–Trinajstić information content (AvgIpc) is 3.13. The molecule has 302 valence electrons. The van der Waals surface area contributed by atoms with Crippen LogP contribution in [0.25, 0.3) is 0 Å². The minimum Gasteiger partial charge on any atom is -0.480 e. The van der Waals surface area contributed by atoms with Crippen molar-refractivity contribution < 1.29 is 34.1 Å². The zero-order valence-corrected chi connectivity index (χ0v) is 33.3. The summed E-state index contributed by atoms with van der Waals surface area (Å²) < 4.78 is 5.96. The Morgan fingerprint density at radius 1 is 0.577 bits per heavy atom. The lowest BCUT2D eigenvalue weighted by atomic mass is 10.0. The number of allylic oxidation sites excluding steroid dienone is 4. The molecule has 0 saturated heterocycles. The summed E-state index contributed by atoms with van der Waals surface area (Å²) in [5.41, 5.74) is 0. The molecular weight excluding hydrogens is 656 g/mol. The molecule has 0 aromatic heterocycles. The van der Waals surface area contributed by atoms with Crippen LogP contribution in [0.1, 0.15) is 200 Å². The normalized spacial score (nSPS) is 12.7. The van der Waals surface area contributed by atoms with Crippen molar-refractivity contribution in [2.24, 2.45) is 0 Å². The minimum atomic E-state index is -1.38. The molecule has 0 fully saturated rings. The summed E-state index contributed by atoms with van der Waals surface area (Å²) in [5.74, 6) is -2.33. The molecule has 0 saturated carbocycles. The van der Waals surface area contributed by atoms with Crippen LogP contribution >= 0.6 is 0 Å². The highest BCUT2D eigenvalue weighted by Gasteiger charge is 2.19. The highest BCUT2D eigenvalue weighted by molar-refractivity contribution is 5.87. The molecule has 52 heavy (non-hydrogen) atoms. The lowest BCUT2D eigenvalue weighted by Gasteiger charge is -2.18. The maximum atomic E-state index is 12.7. The van der Waals surface area contributed by atoms with E-state index in [0.29, 0.717) is 12.8 Å². The predicted molar refractivity (Wildman–Crippen MR) is 213 cm³/mol. The summed E-state index contributed by atoms with van der Waals surface area (Å²) in [6.45, 7) is 3.42. The summed E-state index contributed by atoms with van der Waals surface area (Å²) in [4.78, 5) is 47.4. The largest absolute Gasteiger partial charge is 0.480 e. The van der Waals surface area contributed by atoms with Crippen molar-refractivity contribution in [1.29, 1.82) is 0 Å². The Morgan fingerprint density at radius 2 is 1.04 bits per heavy atom. The second kappa shape index (κ2) is 38.1. The molecule has 9 nitrogen and oxygen atoms in total. The van der Waals surface area contributed by atoms with E-state index in [-0.39, 0.29) is 30.9 Å². The molecule has 2 unspecified atom stereocenters. The number of nitrogens with one attached hydrogen (secondary N) is 2. The van der Waals surface area contributed by atoms with Crippen molar-refractivity contribution in [3.05, 3.63) is 24.3 Å². The van der Waals surface area contributed by atoms with Gasteiger partial charge in [-0.15, -0.1) is 0 Å². The van der Waals surface area contributed by atoms with Gasteiger partial charge in [-0.25, -0.2) is 4.79 Å². The van der Waals surface area contributed by atoms with Gasteiger partial charge in [0.25, 0.3) is 0 Å². The van der Waals surface area contributed by atoms with Crippen LogP contribution in [0.3, 0.4) is 0 Å². The van der Waals surface area contributed by atoms with Crippen LogP contribution in [0.5, 0.6) is 0 Å². The predicted octanol–water partition coefficient (Wildman–Crippen LogP) is 10.0. The topological polar surface area (TPSA) is 142 Å². The third kappa shape index (κ3) is 34.4.